The van der Waals surface area contributed by atoms with Gasteiger partial charge in [0.05, 0.1) is 6.04 Å². The predicted octanol–water partition coefficient (Wildman–Crippen LogP) is 4.98. The van der Waals surface area contributed by atoms with Crippen LogP contribution in [0.1, 0.15) is 41.7 Å². The van der Waals surface area contributed by atoms with Crippen molar-refractivity contribution in [3.05, 3.63) is 56.7 Å². The van der Waals surface area contributed by atoms with Crippen LogP contribution in [0.25, 0.3) is 0 Å². The lowest BCUT2D eigenvalue weighted by Gasteiger charge is -2.24. The Hall–Kier alpha value is -1.13. The van der Waals surface area contributed by atoms with Crippen LogP contribution in [-0.4, -0.2) is 17.4 Å². The molecular formula is C18H18BrNOS. The summed E-state index contributed by atoms with van der Waals surface area (Å²) in [5.41, 5.74) is 1.28. The lowest BCUT2D eigenvalue weighted by atomic mass is 10.1. The first-order valence-electron chi connectivity index (χ1n) is 7.84. The molecule has 2 aromatic rings. The molecule has 1 saturated heterocycles. The Morgan fingerprint density at radius 2 is 2.09 bits per heavy atom. The molecule has 2 fully saturated rings. The molecule has 4 rings (SSSR count). The maximum Gasteiger partial charge on any atom is 0.226 e. The SMILES string of the molecule is O=C([C@@H]1C[C@@H]1c1ccccc1Br)N1CCC[C@H]1c1cccs1. The van der Waals surface area contributed by atoms with Crippen LogP contribution in [-0.2, 0) is 4.79 Å². The smallest absolute Gasteiger partial charge is 0.226 e. The number of carbonyl (C=O) groups is 1. The van der Waals surface area contributed by atoms with E-state index >= 15 is 0 Å². The fourth-order valence-electron chi connectivity index (χ4n) is 3.61. The number of halogens is 1. The number of rotatable bonds is 3. The summed E-state index contributed by atoms with van der Waals surface area (Å²) in [6.07, 6.45) is 3.23. The van der Waals surface area contributed by atoms with Crippen LogP contribution in [0.5, 0.6) is 0 Å². The minimum Gasteiger partial charge on any atom is -0.335 e. The largest absolute Gasteiger partial charge is 0.335 e. The number of amides is 1. The van der Waals surface area contributed by atoms with Gasteiger partial charge in [0.15, 0.2) is 0 Å². The summed E-state index contributed by atoms with van der Waals surface area (Å²) in [6.45, 7) is 0.917. The molecule has 1 aliphatic carbocycles. The molecule has 22 heavy (non-hydrogen) atoms. The van der Waals surface area contributed by atoms with Crippen molar-refractivity contribution >= 4 is 33.2 Å². The molecule has 2 aliphatic rings. The van der Waals surface area contributed by atoms with Crippen molar-refractivity contribution in [1.29, 1.82) is 0 Å². The lowest BCUT2D eigenvalue weighted by molar-refractivity contribution is -0.133. The Morgan fingerprint density at radius 3 is 2.86 bits per heavy atom. The Balaban J connectivity index is 1.50. The van der Waals surface area contributed by atoms with Gasteiger partial charge >= 0.3 is 0 Å². The molecule has 3 atom stereocenters. The van der Waals surface area contributed by atoms with Gasteiger partial charge in [-0.2, -0.15) is 0 Å². The predicted molar refractivity (Wildman–Crippen MR) is 93.0 cm³/mol. The molecule has 1 aliphatic heterocycles. The van der Waals surface area contributed by atoms with E-state index in [4.69, 9.17) is 0 Å². The quantitative estimate of drug-likeness (QED) is 0.740. The highest BCUT2D eigenvalue weighted by molar-refractivity contribution is 9.10. The van der Waals surface area contributed by atoms with E-state index in [1.807, 2.05) is 6.07 Å². The van der Waals surface area contributed by atoms with Gasteiger partial charge in [-0.1, -0.05) is 40.2 Å². The molecule has 1 aromatic carbocycles. The number of thiophene rings is 1. The number of likely N-dealkylation sites (tertiary alicyclic amines) is 1. The maximum absolute atomic E-state index is 12.9. The van der Waals surface area contributed by atoms with Crippen LogP contribution < -0.4 is 0 Å². The topological polar surface area (TPSA) is 20.3 Å². The van der Waals surface area contributed by atoms with E-state index in [-0.39, 0.29) is 5.92 Å². The summed E-state index contributed by atoms with van der Waals surface area (Å²) in [4.78, 5) is 16.4. The highest BCUT2D eigenvalue weighted by Crippen LogP contribution is 2.52. The van der Waals surface area contributed by atoms with Gasteiger partial charge in [-0.3, -0.25) is 4.79 Å². The molecule has 4 heteroatoms. The molecule has 1 amide bonds. The molecule has 1 saturated carbocycles. The van der Waals surface area contributed by atoms with E-state index < -0.39 is 0 Å². The minimum absolute atomic E-state index is 0.180. The fourth-order valence-corrected chi connectivity index (χ4v) is 5.06. The third-order valence-corrected chi connectivity index (χ3v) is 6.52. The van der Waals surface area contributed by atoms with Crippen molar-refractivity contribution in [2.75, 3.05) is 6.54 Å². The maximum atomic E-state index is 12.9. The number of hydrogen-bond acceptors (Lipinski definition) is 2. The first-order valence-corrected chi connectivity index (χ1v) is 9.51. The normalized spacial score (nSPS) is 27.1. The summed E-state index contributed by atoms with van der Waals surface area (Å²) in [5.74, 6) is 0.934. The minimum atomic E-state index is 0.180. The van der Waals surface area contributed by atoms with E-state index in [9.17, 15) is 4.79 Å². The average Bonchev–Trinajstić information content (AvgIpc) is 2.93. The molecule has 2 nitrogen and oxygen atoms in total. The summed E-state index contributed by atoms with van der Waals surface area (Å²) >= 11 is 5.39. The molecule has 1 aromatic heterocycles. The molecule has 0 spiro atoms. The van der Waals surface area contributed by atoms with E-state index in [1.165, 1.54) is 10.4 Å². The van der Waals surface area contributed by atoms with Crippen LogP contribution in [0.15, 0.2) is 46.3 Å². The Bertz CT molecular complexity index is 684. The van der Waals surface area contributed by atoms with E-state index in [0.29, 0.717) is 17.9 Å². The molecule has 0 bridgehead atoms. The third kappa shape index (κ3) is 2.52. The van der Waals surface area contributed by atoms with Gasteiger partial charge in [0.25, 0.3) is 0 Å². The average molecular weight is 376 g/mol. The van der Waals surface area contributed by atoms with Crippen LogP contribution in [0.2, 0.25) is 0 Å². The van der Waals surface area contributed by atoms with E-state index in [0.717, 1.165) is 30.3 Å². The second kappa shape index (κ2) is 5.82. The van der Waals surface area contributed by atoms with Gasteiger partial charge in [0, 0.05) is 21.8 Å². The third-order valence-electron chi connectivity index (χ3n) is 4.82. The van der Waals surface area contributed by atoms with Crippen molar-refractivity contribution in [3.63, 3.8) is 0 Å². The van der Waals surface area contributed by atoms with Gasteiger partial charge in [0.2, 0.25) is 5.91 Å². The highest BCUT2D eigenvalue weighted by Gasteiger charge is 2.48. The van der Waals surface area contributed by atoms with Crippen LogP contribution in [0.3, 0.4) is 0 Å². The summed E-state index contributed by atoms with van der Waals surface area (Å²) < 4.78 is 1.13. The zero-order valence-corrected chi connectivity index (χ0v) is 14.6. The number of carbonyl (C=O) groups excluding carboxylic acids is 1. The second-order valence-corrected chi connectivity index (χ2v) is 8.01. The standard InChI is InChI=1S/C18H18BrNOS/c19-15-6-2-1-5-12(15)13-11-14(13)18(21)20-9-3-7-16(20)17-8-4-10-22-17/h1-2,4-6,8,10,13-14,16H,3,7,9,11H2/t13-,14-,16+/m1/s1. The Kier molecular flexibility index (Phi) is 3.82. The van der Waals surface area contributed by atoms with Crippen LogP contribution >= 0.6 is 27.3 Å². The van der Waals surface area contributed by atoms with E-state index in [2.05, 4.69) is 56.5 Å². The Morgan fingerprint density at radius 1 is 1.23 bits per heavy atom. The van der Waals surface area contributed by atoms with Gasteiger partial charge < -0.3 is 4.90 Å². The van der Waals surface area contributed by atoms with Gasteiger partial charge in [-0.25, -0.2) is 0 Å². The molecule has 0 unspecified atom stereocenters. The zero-order valence-electron chi connectivity index (χ0n) is 12.2. The zero-order chi connectivity index (χ0) is 15.1. The fraction of sp³-hybridized carbons (Fsp3) is 0.389. The number of hydrogen-bond donors (Lipinski definition) is 0. The van der Waals surface area contributed by atoms with Crippen molar-refractivity contribution in [2.45, 2.75) is 31.2 Å². The van der Waals surface area contributed by atoms with Gasteiger partial charge in [-0.05, 0) is 48.3 Å². The van der Waals surface area contributed by atoms with Crippen LogP contribution in [0, 0.1) is 5.92 Å². The number of benzene rings is 1. The monoisotopic (exact) mass is 375 g/mol. The Labute approximate surface area is 143 Å². The molecular weight excluding hydrogens is 358 g/mol. The first-order chi connectivity index (χ1) is 10.8. The second-order valence-electron chi connectivity index (χ2n) is 6.18. The molecule has 0 radical (unpaired) electrons. The highest BCUT2D eigenvalue weighted by atomic mass is 79.9. The van der Waals surface area contributed by atoms with Gasteiger partial charge in [0.1, 0.15) is 0 Å². The van der Waals surface area contributed by atoms with E-state index in [1.54, 1.807) is 11.3 Å². The van der Waals surface area contributed by atoms with Crippen molar-refractivity contribution < 1.29 is 4.79 Å². The first kappa shape index (κ1) is 14.5. The summed E-state index contributed by atoms with van der Waals surface area (Å²) in [7, 11) is 0. The van der Waals surface area contributed by atoms with Crippen molar-refractivity contribution in [2.24, 2.45) is 5.92 Å². The lowest BCUT2D eigenvalue weighted by Crippen LogP contribution is -2.31. The molecule has 114 valence electrons. The van der Waals surface area contributed by atoms with Crippen molar-refractivity contribution in [1.82, 2.24) is 4.90 Å². The van der Waals surface area contributed by atoms with Crippen LogP contribution in [0.4, 0.5) is 0 Å². The molecule has 0 N–H and O–H groups in total. The number of nitrogens with zero attached hydrogens (tertiary/aromatic N) is 1. The summed E-state index contributed by atoms with van der Waals surface area (Å²) in [5, 5.41) is 2.11. The van der Waals surface area contributed by atoms with Gasteiger partial charge in [-0.15, -0.1) is 11.3 Å². The molecule has 2 heterocycles. The van der Waals surface area contributed by atoms with Crippen molar-refractivity contribution in [3.8, 4) is 0 Å². The summed E-state index contributed by atoms with van der Waals surface area (Å²) in [6, 6.07) is 12.9.